The molecule has 3 heterocycles. The first-order chi connectivity index (χ1) is 11.6. The minimum Gasteiger partial charge on any atom is -0.483 e. The minimum absolute atomic E-state index is 0.250. The zero-order chi connectivity index (χ0) is 17.7. The Kier molecular flexibility index (Phi) is 5.73. The normalized spacial score (nSPS) is 13.7. The van der Waals surface area contributed by atoms with Crippen LogP contribution in [0.15, 0.2) is 17.6 Å². The van der Waals surface area contributed by atoms with Crippen LogP contribution in [0, 0.1) is 0 Å². The van der Waals surface area contributed by atoms with E-state index in [9.17, 15) is 0 Å². The molecule has 1 saturated heterocycles. The molecule has 1 aliphatic heterocycles. The molecular weight excluding hydrogens is 306 g/mol. The number of rotatable bonds is 4. The molecule has 2 aromatic rings. The van der Waals surface area contributed by atoms with Crippen LogP contribution in [0.1, 0.15) is 49.8 Å². The summed E-state index contributed by atoms with van der Waals surface area (Å²) >= 11 is 0. The molecular formula is C18H23N3O3. The highest BCUT2D eigenvalue weighted by Gasteiger charge is 2.24. The molecule has 6 nitrogen and oxygen atoms in total. The molecule has 1 N–H and O–H groups in total. The Labute approximate surface area is 141 Å². The van der Waals surface area contributed by atoms with Crippen LogP contribution >= 0.6 is 0 Å². The number of nitrogens with zero attached hydrogens (tertiary/aromatic N) is 3. The number of furan rings is 1. The summed E-state index contributed by atoms with van der Waals surface area (Å²) < 4.78 is 5.96. The van der Waals surface area contributed by atoms with Crippen molar-refractivity contribution in [2.24, 2.45) is 0 Å². The average molecular weight is 329 g/mol. The van der Waals surface area contributed by atoms with Gasteiger partial charge in [-0.05, 0) is 18.9 Å². The molecule has 0 bridgehead atoms. The van der Waals surface area contributed by atoms with Gasteiger partial charge in [0.05, 0.1) is 0 Å². The maximum absolute atomic E-state index is 8.36. The molecule has 0 aromatic carbocycles. The van der Waals surface area contributed by atoms with E-state index in [1.807, 2.05) is 0 Å². The highest BCUT2D eigenvalue weighted by Crippen LogP contribution is 2.34. The number of anilines is 1. The van der Waals surface area contributed by atoms with Gasteiger partial charge in [-0.3, -0.25) is 4.79 Å². The van der Waals surface area contributed by atoms with Crippen molar-refractivity contribution < 1.29 is 14.3 Å². The first-order valence-electron chi connectivity index (χ1n) is 7.99. The van der Waals surface area contributed by atoms with E-state index in [1.165, 1.54) is 12.8 Å². The minimum atomic E-state index is -0.250. The summed E-state index contributed by atoms with van der Waals surface area (Å²) in [6.45, 7) is 13.7. The summed E-state index contributed by atoms with van der Waals surface area (Å²) in [5, 5.41) is 6.89. The van der Waals surface area contributed by atoms with Crippen molar-refractivity contribution in [3.63, 3.8) is 0 Å². The Morgan fingerprint density at radius 2 is 1.83 bits per heavy atom. The first-order valence-corrected chi connectivity index (χ1v) is 7.99. The fourth-order valence-electron chi connectivity index (χ4n) is 2.76. The zero-order valence-electron chi connectivity index (χ0n) is 14.2. The van der Waals surface area contributed by atoms with Gasteiger partial charge in [-0.1, -0.05) is 33.1 Å². The molecule has 128 valence electrons. The topological polar surface area (TPSA) is 79.5 Å². The molecule has 0 unspecified atom stereocenters. The Morgan fingerprint density at radius 1 is 1.21 bits per heavy atom. The van der Waals surface area contributed by atoms with Crippen LogP contribution in [0.5, 0.6) is 0 Å². The third-order valence-corrected chi connectivity index (χ3v) is 3.91. The molecule has 24 heavy (non-hydrogen) atoms. The van der Waals surface area contributed by atoms with E-state index < -0.39 is 0 Å². The maximum Gasteiger partial charge on any atom is 0.290 e. The molecule has 1 aliphatic rings. The SMILES string of the molecule is C=Cc1oc2c(N3CCCC3)nc(C(C)C)nc2c1C=C.O=CO. The summed E-state index contributed by atoms with van der Waals surface area (Å²) in [6.07, 6.45) is 5.90. The molecule has 0 amide bonds. The Bertz CT molecular complexity index is 744. The van der Waals surface area contributed by atoms with Gasteiger partial charge in [-0.15, -0.1) is 0 Å². The molecule has 0 spiro atoms. The van der Waals surface area contributed by atoms with Crippen LogP contribution in [-0.2, 0) is 4.79 Å². The maximum atomic E-state index is 8.36. The molecule has 0 saturated carbocycles. The molecule has 1 fully saturated rings. The molecule has 6 heteroatoms. The van der Waals surface area contributed by atoms with Gasteiger partial charge >= 0.3 is 0 Å². The van der Waals surface area contributed by atoms with Gasteiger partial charge in [0.2, 0.25) is 0 Å². The Morgan fingerprint density at radius 3 is 2.33 bits per heavy atom. The molecule has 0 radical (unpaired) electrons. The van der Waals surface area contributed by atoms with Crippen molar-refractivity contribution in [1.29, 1.82) is 0 Å². The number of hydrogen-bond acceptors (Lipinski definition) is 5. The second-order valence-electron chi connectivity index (χ2n) is 5.83. The molecule has 0 aliphatic carbocycles. The van der Waals surface area contributed by atoms with Gasteiger partial charge in [0.15, 0.2) is 11.4 Å². The Balaban J connectivity index is 0.000000647. The monoisotopic (exact) mass is 329 g/mol. The summed E-state index contributed by atoms with van der Waals surface area (Å²) in [5.74, 6) is 2.76. The first kappa shape index (κ1) is 17.7. The number of carbonyl (C=O) groups is 1. The van der Waals surface area contributed by atoms with Gasteiger partial charge in [-0.2, -0.15) is 0 Å². The van der Waals surface area contributed by atoms with E-state index in [0.717, 1.165) is 47.2 Å². The fourth-order valence-corrected chi connectivity index (χ4v) is 2.76. The summed E-state index contributed by atoms with van der Waals surface area (Å²) in [7, 11) is 0. The van der Waals surface area contributed by atoms with Crippen LogP contribution < -0.4 is 4.90 Å². The van der Waals surface area contributed by atoms with E-state index in [4.69, 9.17) is 24.3 Å². The van der Waals surface area contributed by atoms with Crippen molar-refractivity contribution in [2.75, 3.05) is 18.0 Å². The highest BCUT2D eigenvalue weighted by atomic mass is 16.3. The Hall–Kier alpha value is -2.63. The van der Waals surface area contributed by atoms with Gasteiger partial charge in [0, 0.05) is 24.6 Å². The van der Waals surface area contributed by atoms with Crippen molar-refractivity contribution in [1.82, 2.24) is 9.97 Å². The quantitative estimate of drug-likeness (QED) is 0.856. The van der Waals surface area contributed by atoms with Crippen molar-refractivity contribution in [3.8, 4) is 0 Å². The second-order valence-corrected chi connectivity index (χ2v) is 5.83. The van der Waals surface area contributed by atoms with E-state index >= 15 is 0 Å². The lowest BCUT2D eigenvalue weighted by molar-refractivity contribution is -0.122. The van der Waals surface area contributed by atoms with E-state index in [2.05, 4.69) is 31.9 Å². The third kappa shape index (κ3) is 3.32. The van der Waals surface area contributed by atoms with Crippen molar-refractivity contribution in [2.45, 2.75) is 32.6 Å². The highest BCUT2D eigenvalue weighted by molar-refractivity contribution is 5.93. The van der Waals surface area contributed by atoms with Crippen LogP contribution in [0.2, 0.25) is 0 Å². The lowest BCUT2D eigenvalue weighted by Crippen LogP contribution is -2.20. The zero-order valence-corrected chi connectivity index (χ0v) is 14.2. The lowest BCUT2D eigenvalue weighted by Gasteiger charge is -2.17. The summed E-state index contributed by atoms with van der Waals surface area (Å²) in [6, 6.07) is 0. The number of aromatic nitrogens is 2. The number of hydrogen-bond donors (Lipinski definition) is 1. The van der Waals surface area contributed by atoms with E-state index in [0.29, 0.717) is 0 Å². The van der Waals surface area contributed by atoms with Crippen LogP contribution in [0.4, 0.5) is 5.82 Å². The molecule has 3 rings (SSSR count). The van der Waals surface area contributed by atoms with Crippen molar-refractivity contribution in [3.05, 3.63) is 30.3 Å². The third-order valence-electron chi connectivity index (χ3n) is 3.91. The predicted octanol–water partition coefficient (Wildman–Crippen LogP) is 3.93. The standard InChI is InChI=1S/C17H21N3O.CH2O2/c1-5-12-13(6-2)21-15-14(12)18-16(11(3)4)19-17(15)20-9-7-8-10-20;2-1-3/h5-6,11H,1-2,7-10H2,3-4H3;1H,(H,2,3). The second kappa shape index (κ2) is 7.77. The predicted molar refractivity (Wildman–Crippen MR) is 96.2 cm³/mol. The van der Waals surface area contributed by atoms with E-state index in [1.54, 1.807) is 12.2 Å². The summed E-state index contributed by atoms with van der Waals surface area (Å²) in [4.78, 5) is 20.1. The van der Waals surface area contributed by atoms with Crippen LogP contribution in [0.3, 0.4) is 0 Å². The molecule has 2 aromatic heterocycles. The van der Waals surface area contributed by atoms with Gasteiger partial charge in [-0.25, -0.2) is 9.97 Å². The average Bonchev–Trinajstić information content (AvgIpc) is 3.21. The van der Waals surface area contributed by atoms with Crippen LogP contribution in [-0.4, -0.2) is 34.6 Å². The van der Waals surface area contributed by atoms with Crippen LogP contribution in [0.25, 0.3) is 23.3 Å². The lowest BCUT2D eigenvalue weighted by atomic mass is 10.1. The summed E-state index contributed by atoms with van der Waals surface area (Å²) in [5.41, 5.74) is 2.51. The van der Waals surface area contributed by atoms with Crippen molar-refractivity contribution >= 4 is 35.5 Å². The largest absolute Gasteiger partial charge is 0.483 e. The van der Waals surface area contributed by atoms with E-state index in [-0.39, 0.29) is 12.4 Å². The fraction of sp³-hybridized carbons (Fsp3) is 0.389. The van der Waals surface area contributed by atoms with Gasteiger partial charge < -0.3 is 14.4 Å². The van der Waals surface area contributed by atoms with Gasteiger partial charge in [0.25, 0.3) is 6.47 Å². The number of carboxylic acid groups (broad SMARTS) is 1. The van der Waals surface area contributed by atoms with Gasteiger partial charge in [0.1, 0.15) is 17.1 Å². The smallest absolute Gasteiger partial charge is 0.290 e. The molecule has 0 atom stereocenters. The number of fused-ring (bicyclic) bond motifs is 1.